The minimum absolute atomic E-state index is 0.0629. The van der Waals surface area contributed by atoms with Crippen LogP contribution in [0.4, 0.5) is 0 Å². The summed E-state index contributed by atoms with van der Waals surface area (Å²) in [6, 6.07) is 16.8. The molecule has 3 aromatic rings. The van der Waals surface area contributed by atoms with Crippen LogP contribution in [0.25, 0.3) is 10.8 Å². The van der Waals surface area contributed by atoms with Crippen molar-refractivity contribution in [3.63, 3.8) is 0 Å². The number of halogens is 1. The Hall–Kier alpha value is -2.33. The third kappa shape index (κ3) is 3.08. The molecule has 0 unspecified atom stereocenters. The Balaban J connectivity index is 2.12. The average Bonchev–Trinajstić information content (AvgIpc) is 2.60. The zero-order valence-corrected chi connectivity index (χ0v) is 14.4. The van der Waals surface area contributed by atoms with Crippen molar-refractivity contribution in [2.24, 2.45) is 0 Å². The molecule has 116 valence electrons. The Bertz CT molecular complexity index is 870. The van der Waals surface area contributed by atoms with Gasteiger partial charge in [0.05, 0.1) is 19.8 Å². The van der Waals surface area contributed by atoms with Crippen molar-refractivity contribution >= 4 is 32.5 Å². The Morgan fingerprint density at radius 2 is 1.61 bits per heavy atom. The number of methoxy groups -OCH3 is 2. The highest BCUT2D eigenvalue weighted by Gasteiger charge is 2.16. The number of hydrogen-bond donors (Lipinski definition) is 0. The lowest BCUT2D eigenvalue weighted by Crippen LogP contribution is -2.04. The second kappa shape index (κ2) is 6.42. The second-order valence-electron chi connectivity index (χ2n) is 5.10. The van der Waals surface area contributed by atoms with Gasteiger partial charge in [0.2, 0.25) is 0 Å². The normalized spacial score (nSPS) is 10.6. The molecule has 0 spiro atoms. The van der Waals surface area contributed by atoms with E-state index in [1.165, 1.54) is 0 Å². The molecular formula is C19H15BrO3. The SMILES string of the molecule is COc1ccc2cc(C(=O)c3ccc(Br)cc3)c(OC)cc2c1. The van der Waals surface area contributed by atoms with E-state index >= 15 is 0 Å². The van der Waals surface area contributed by atoms with Gasteiger partial charge >= 0.3 is 0 Å². The van der Waals surface area contributed by atoms with Crippen molar-refractivity contribution in [3.8, 4) is 11.5 Å². The molecule has 0 aliphatic heterocycles. The molecule has 0 fully saturated rings. The van der Waals surface area contributed by atoms with Crippen LogP contribution in [0.2, 0.25) is 0 Å². The lowest BCUT2D eigenvalue weighted by molar-refractivity contribution is 0.103. The number of rotatable bonds is 4. The molecule has 0 heterocycles. The molecule has 0 bridgehead atoms. The molecule has 3 nitrogen and oxygen atoms in total. The van der Waals surface area contributed by atoms with Crippen LogP contribution in [-0.2, 0) is 0 Å². The van der Waals surface area contributed by atoms with Crippen LogP contribution in [0.15, 0.2) is 59.1 Å². The van der Waals surface area contributed by atoms with Gasteiger partial charge in [0.1, 0.15) is 11.5 Å². The monoisotopic (exact) mass is 370 g/mol. The van der Waals surface area contributed by atoms with E-state index in [-0.39, 0.29) is 5.78 Å². The summed E-state index contributed by atoms with van der Waals surface area (Å²) in [5.74, 6) is 1.26. The minimum Gasteiger partial charge on any atom is -0.497 e. The molecule has 0 saturated heterocycles. The smallest absolute Gasteiger partial charge is 0.196 e. The molecule has 0 radical (unpaired) electrons. The standard InChI is InChI=1S/C19H15BrO3/c1-22-16-8-5-13-10-17(18(23-2)11-14(13)9-16)19(21)12-3-6-15(20)7-4-12/h3-11H,1-2H3. The highest BCUT2D eigenvalue weighted by atomic mass is 79.9. The first-order chi connectivity index (χ1) is 11.1. The van der Waals surface area contributed by atoms with Gasteiger partial charge in [-0.2, -0.15) is 0 Å². The highest BCUT2D eigenvalue weighted by molar-refractivity contribution is 9.10. The van der Waals surface area contributed by atoms with E-state index < -0.39 is 0 Å². The first kappa shape index (κ1) is 15.6. The molecule has 3 aromatic carbocycles. The number of carbonyl (C=O) groups is 1. The van der Waals surface area contributed by atoms with Gasteiger partial charge in [0.25, 0.3) is 0 Å². The number of ketones is 1. The summed E-state index contributed by atoms with van der Waals surface area (Å²) >= 11 is 3.38. The summed E-state index contributed by atoms with van der Waals surface area (Å²) in [5.41, 5.74) is 1.17. The quantitative estimate of drug-likeness (QED) is 0.615. The molecule has 0 saturated carbocycles. The summed E-state index contributed by atoms with van der Waals surface area (Å²) in [7, 11) is 3.20. The number of benzene rings is 3. The summed E-state index contributed by atoms with van der Waals surface area (Å²) in [6.45, 7) is 0. The average molecular weight is 371 g/mol. The summed E-state index contributed by atoms with van der Waals surface area (Å²) in [5, 5.41) is 1.93. The number of ether oxygens (including phenoxy) is 2. The van der Waals surface area contributed by atoms with Crippen LogP contribution < -0.4 is 9.47 Å². The molecule has 4 heteroatoms. The fourth-order valence-electron chi connectivity index (χ4n) is 2.48. The van der Waals surface area contributed by atoms with Crippen LogP contribution in [0.5, 0.6) is 11.5 Å². The summed E-state index contributed by atoms with van der Waals surface area (Å²) in [4.78, 5) is 12.8. The van der Waals surface area contributed by atoms with Crippen molar-refractivity contribution in [2.75, 3.05) is 14.2 Å². The van der Waals surface area contributed by atoms with Crippen LogP contribution in [0.3, 0.4) is 0 Å². The first-order valence-corrected chi connectivity index (χ1v) is 7.87. The number of fused-ring (bicyclic) bond motifs is 1. The molecule has 0 aromatic heterocycles. The first-order valence-electron chi connectivity index (χ1n) is 7.08. The maximum absolute atomic E-state index is 12.8. The van der Waals surface area contributed by atoms with E-state index in [1.54, 1.807) is 26.4 Å². The summed E-state index contributed by atoms with van der Waals surface area (Å²) in [6.07, 6.45) is 0. The van der Waals surface area contributed by atoms with Crippen molar-refractivity contribution in [1.29, 1.82) is 0 Å². The van der Waals surface area contributed by atoms with Gasteiger partial charge in [-0.05, 0) is 59.3 Å². The van der Waals surface area contributed by atoms with E-state index in [1.807, 2.05) is 42.5 Å². The fraction of sp³-hybridized carbons (Fsp3) is 0.105. The Morgan fingerprint density at radius 3 is 2.26 bits per heavy atom. The van der Waals surface area contributed by atoms with Crippen LogP contribution in [0.1, 0.15) is 15.9 Å². The van der Waals surface area contributed by atoms with Gasteiger partial charge in [-0.1, -0.05) is 22.0 Å². The molecule has 0 aliphatic carbocycles. The highest BCUT2D eigenvalue weighted by Crippen LogP contribution is 2.30. The maximum atomic E-state index is 12.8. The molecule has 23 heavy (non-hydrogen) atoms. The number of carbonyl (C=O) groups excluding carboxylic acids is 1. The van der Waals surface area contributed by atoms with E-state index in [4.69, 9.17) is 9.47 Å². The molecule has 0 N–H and O–H groups in total. The van der Waals surface area contributed by atoms with E-state index in [9.17, 15) is 4.79 Å². The third-order valence-corrected chi connectivity index (χ3v) is 4.25. The molecule has 0 amide bonds. The molecular weight excluding hydrogens is 356 g/mol. The van der Waals surface area contributed by atoms with Gasteiger partial charge in [-0.25, -0.2) is 0 Å². The van der Waals surface area contributed by atoms with Gasteiger partial charge < -0.3 is 9.47 Å². The lowest BCUT2D eigenvalue weighted by Gasteiger charge is -2.11. The predicted molar refractivity (Wildman–Crippen MR) is 94.6 cm³/mol. The second-order valence-corrected chi connectivity index (χ2v) is 6.02. The van der Waals surface area contributed by atoms with Crippen molar-refractivity contribution < 1.29 is 14.3 Å². The topological polar surface area (TPSA) is 35.5 Å². The van der Waals surface area contributed by atoms with E-state index in [0.717, 1.165) is 21.0 Å². The molecule has 3 rings (SSSR count). The van der Waals surface area contributed by atoms with Gasteiger partial charge in [0, 0.05) is 10.0 Å². The van der Waals surface area contributed by atoms with Gasteiger partial charge in [-0.15, -0.1) is 0 Å². The zero-order chi connectivity index (χ0) is 16.4. The van der Waals surface area contributed by atoms with Crippen molar-refractivity contribution in [1.82, 2.24) is 0 Å². The zero-order valence-electron chi connectivity index (χ0n) is 12.8. The Labute approximate surface area is 143 Å². The summed E-state index contributed by atoms with van der Waals surface area (Å²) < 4.78 is 11.6. The maximum Gasteiger partial charge on any atom is 0.196 e. The Kier molecular flexibility index (Phi) is 4.35. The van der Waals surface area contributed by atoms with Crippen molar-refractivity contribution in [3.05, 3.63) is 70.2 Å². The predicted octanol–water partition coefficient (Wildman–Crippen LogP) is 4.85. The lowest BCUT2D eigenvalue weighted by atomic mass is 9.98. The van der Waals surface area contributed by atoms with Gasteiger partial charge in [0.15, 0.2) is 5.78 Å². The van der Waals surface area contributed by atoms with Crippen LogP contribution >= 0.6 is 15.9 Å². The van der Waals surface area contributed by atoms with Crippen LogP contribution in [0, 0.1) is 0 Å². The van der Waals surface area contributed by atoms with E-state index in [0.29, 0.717) is 16.9 Å². The van der Waals surface area contributed by atoms with Crippen LogP contribution in [-0.4, -0.2) is 20.0 Å². The van der Waals surface area contributed by atoms with Crippen molar-refractivity contribution in [2.45, 2.75) is 0 Å². The largest absolute Gasteiger partial charge is 0.497 e. The number of hydrogen-bond acceptors (Lipinski definition) is 3. The molecule has 0 aliphatic rings. The fourth-order valence-corrected chi connectivity index (χ4v) is 2.75. The minimum atomic E-state index is -0.0629. The van der Waals surface area contributed by atoms with E-state index in [2.05, 4.69) is 15.9 Å². The van der Waals surface area contributed by atoms with Gasteiger partial charge in [-0.3, -0.25) is 4.79 Å². The third-order valence-electron chi connectivity index (χ3n) is 3.72. The molecule has 0 atom stereocenters. The Morgan fingerprint density at radius 1 is 0.870 bits per heavy atom.